The summed E-state index contributed by atoms with van der Waals surface area (Å²) in [5, 5.41) is 6.18. The number of rotatable bonds is 7. The second kappa shape index (κ2) is 8.43. The fraction of sp³-hybridized carbons (Fsp3) is 0.421. The quantitative estimate of drug-likeness (QED) is 0.813. The van der Waals surface area contributed by atoms with Gasteiger partial charge in [0.05, 0.1) is 0 Å². The largest absolute Gasteiger partial charge is 0.350 e. The number of para-hydroxylation sites is 1. The third-order valence-electron chi connectivity index (χ3n) is 3.79. The summed E-state index contributed by atoms with van der Waals surface area (Å²) >= 11 is 0. The fourth-order valence-corrected chi connectivity index (χ4v) is 2.45. The van der Waals surface area contributed by atoms with E-state index >= 15 is 0 Å². The van der Waals surface area contributed by atoms with Crippen LogP contribution >= 0.6 is 0 Å². The molecule has 1 aromatic heterocycles. The smallest absolute Gasteiger partial charge is 0.270 e. The molecule has 24 heavy (non-hydrogen) atoms. The van der Waals surface area contributed by atoms with Gasteiger partial charge in [-0.15, -0.1) is 0 Å². The van der Waals surface area contributed by atoms with E-state index in [0.717, 1.165) is 18.5 Å². The highest BCUT2D eigenvalue weighted by atomic mass is 16.1. The Kier molecular flexibility index (Phi) is 6.29. The van der Waals surface area contributed by atoms with Crippen molar-refractivity contribution in [3.63, 3.8) is 0 Å². The number of carbonyl (C=O) groups excluding carboxylic acids is 1. The highest BCUT2D eigenvalue weighted by molar-refractivity contribution is 5.92. The van der Waals surface area contributed by atoms with E-state index in [0.29, 0.717) is 24.1 Å². The first-order chi connectivity index (χ1) is 11.5. The van der Waals surface area contributed by atoms with Crippen molar-refractivity contribution in [2.75, 3.05) is 11.9 Å². The van der Waals surface area contributed by atoms with Crippen LogP contribution in [0.4, 0.5) is 11.6 Å². The molecule has 0 atom stereocenters. The summed E-state index contributed by atoms with van der Waals surface area (Å²) in [5.74, 6) is 0.674. The van der Waals surface area contributed by atoms with Crippen LogP contribution < -0.4 is 10.6 Å². The number of anilines is 2. The molecule has 1 heterocycles. The van der Waals surface area contributed by atoms with E-state index in [-0.39, 0.29) is 5.91 Å². The van der Waals surface area contributed by atoms with Crippen molar-refractivity contribution in [1.82, 2.24) is 15.3 Å². The Balaban J connectivity index is 2.23. The Morgan fingerprint density at radius 3 is 2.38 bits per heavy atom. The van der Waals surface area contributed by atoms with Crippen molar-refractivity contribution in [1.29, 1.82) is 0 Å². The van der Waals surface area contributed by atoms with Gasteiger partial charge >= 0.3 is 0 Å². The molecule has 0 spiro atoms. The van der Waals surface area contributed by atoms with Crippen molar-refractivity contribution in [2.45, 2.75) is 40.5 Å². The highest BCUT2D eigenvalue weighted by Crippen LogP contribution is 2.25. The summed E-state index contributed by atoms with van der Waals surface area (Å²) in [6, 6.07) is 7.90. The van der Waals surface area contributed by atoms with Crippen molar-refractivity contribution in [2.24, 2.45) is 5.92 Å². The van der Waals surface area contributed by atoms with Gasteiger partial charge in [0.15, 0.2) is 0 Å². The number of hydrogen-bond acceptors (Lipinski definition) is 4. The van der Waals surface area contributed by atoms with E-state index in [1.54, 1.807) is 12.3 Å². The molecule has 5 heteroatoms. The minimum absolute atomic E-state index is 0.173. The Labute approximate surface area is 143 Å². The molecule has 0 saturated carbocycles. The molecule has 0 aliphatic rings. The topological polar surface area (TPSA) is 66.9 Å². The third kappa shape index (κ3) is 4.54. The van der Waals surface area contributed by atoms with Crippen LogP contribution in [0.3, 0.4) is 0 Å². The first-order valence-electron chi connectivity index (χ1n) is 8.54. The van der Waals surface area contributed by atoms with Crippen LogP contribution in [0.1, 0.15) is 49.3 Å². The Hall–Kier alpha value is -2.43. The summed E-state index contributed by atoms with van der Waals surface area (Å²) in [7, 11) is 0. The number of amides is 1. The average Bonchev–Trinajstić information content (AvgIpc) is 2.60. The third-order valence-corrected chi connectivity index (χ3v) is 3.79. The second-order valence-electron chi connectivity index (χ2n) is 6.15. The number of hydrogen-bond donors (Lipinski definition) is 2. The monoisotopic (exact) mass is 326 g/mol. The lowest BCUT2D eigenvalue weighted by Gasteiger charge is -2.14. The van der Waals surface area contributed by atoms with Gasteiger partial charge in [-0.3, -0.25) is 4.79 Å². The summed E-state index contributed by atoms with van der Waals surface area (Å²) in [6.07, 6.45) is 3.45. The number of nitrogens with one attached hydrogen (secondary N) is 2. The molecule has 0 aliphatic carbocycles. The molecule has 2 N–H and O–H groups in total. The van der Waals surface area contributed by atoms with E-state index < -0.39 is 0 Å². The van der Waals surface area contributed by atoms with Gasteiger partial charge in [0.1, 0.15) is 5.69 Å². The minimum atomic E-state index is -0.173. The number of nitrogens with zero attached hydrogens (tertiary/aromatic N) is 2. The molecule has 2 aromatic rings. The molecular weight excluding hydrogens is 300 g/mol. The summed E-state index contributed by atoms with van der Waals surface area (Å²) < 4.78 is 0. The first-order valence-corrected chi connectivity index (χ1v) is 8.54. The van der Waals surface area contributed by atoms with Crippen molar-refractivity contribution >= 4 is 17.5 Å². The van der Waals surface area contributed by atoms with Crippen molar-refractivity contribution < 1.29 is 4.79 Å². The lowest BCUT2D eigenvalue weighted by Crippen LogP contribution is -2.28. The molecule has 128 valence electrons. The zero-order valence-electron chi connectivity index (χ0n) is 14.9. The molecule has 0 radical (unpaired) electrons. The molecule has 1 amide bonds. The SMILES string of the molecule is CCc1cccc(CC)c1Nc1nccc(C(=O)NCC(C)C)n1. The van der Waals surface area contributed by atoms with Gasteiger partial charge in [0.25, 0.3) is 5.91 Å². The van der Waals surface area contributed by atoms with Gasteiger partial charge in [-0.1, -0.05) is 45.9 Å². The second-order valence-corrected chi connectivity index (χ2v) is 6.15. The van der Waals surface area contributed by atoms with Crippen LogP contribution in [0.2, 0.25) is 0 Å². The summed E-state index contributed by atoms with van der Waals surface area (Å²) in [4.78, 5) is 20.8. The van der Waals surface area contributed by atoms with Gasteiger partial charge in [-0.05, 0) is 36.0 Å². The number of benzene rings is 1. The standard InChI is InChI=1S/C19H26N4O/c1-5-14-8-7-9-15(6-2)17(14)23-19-20-11-10-16(22-19)18(24)21-12-13(3)4/h7-11,13H,5-6,12H2,1-4H3,(H,21,24)(H,20,22,23). The maximum absolute atomic E-state index is 12.2. The number of aromatic nitrogens is 2. The average molecular weight is 326 g/mol. The van der Waals surface area contributed by atoms with Gasteiger partial charge in [-0.2, -0.15) is 0 Å². The van der Waals surface area contributed by atoms with Crippen molar-refractivity contribution in [3.8, 4) is 0 Å². The minimum Gasteiger partial charge on any atom is -0.350 e. The van der Waals surface area contributed by atoms with Crippen LogP contribution in [0, 0.1) is 5.92 Å². The van der Waals surface area contributed by atoms with Gasteiger partial charge in [0, 0.05) is 18.4 Å². The molecular formula is C19H26N4O. The van der Waals surface area contributed by atoms with Crippen LogP contribution in [-0.4, -0.2) is 22.4 Å². The van der Waals surface area contributed by atoms with Crippen LogP contribution in [-0.2, 0) is 12.8 Å². The molecule has 2 rings (SSSR count). The maximum atomic E-state index is 12.2. The fourth-order valence-electron chi connectivity index (χ4n) is 2.45. The van der Waals surface area contributed by atoms with E-state index in [1.807, 2.05) is 0 Å². The lowest BCUT2D eigenvalue weighted by atomic mass is 10.0. The predicted molar refractivity (Wildman–Crippen MR) is 97.7 cm³/mol. The van der Waals surface area contributed by atoms with Crippen LogP contribution in [0.5, 0.6) is 0 Å². The van der Waals surface area contributed by atoms with E-state index in [1.165, 1.54) is 11.1 Å². The molecule has 5 nitrogen and oxygen atoms in total. The molecule has 0 fully saturated rings. The first kappa shape index (κ1) is 17.9. The zero-order chi connectivity index (χ0) is 17.5. The molecule has 0 saturated heterocycles. The van der Waals surface area contributed by atoms with Gasteiger partial charge < -0.3 is 10.6 Å². The van der Waals surface area contributed by atoms with E-state index in [4.69, 9.17) is 0 Å². The highest BCUT2D eigenvalue weighted by Gasteiger charge is 2.11. The normalized spacial score (nSPS) is 10.7. The number of carbonyl (C=O) groups is 1. The Bertz CT molecular complexity index is 675. The number of aryl methyl sites for hydroxylation is 2. The van der Waals surface area contributed by atoms with Crippen LogP contribution in [0.15, 0.2) is 30.5 Å². The predicted octanol–water partition coefficient (Wildman–Crippen LogP) is 3.73. The zero-order valence-corrected chi connectivity index (χ0v) is 14.9. The summed E-state index contributed by atoms with van der Waals surface area (Å²) in [5.41, 5.74) is 3.85. The van der Waals surface area contributed by atoms with Crippen LogP contribution in [0.25, 0.3) is 0 Å². The lowest BCUT2D eigenvalue weighted by molar-refractivity contribution is 0.0944. The van der Waals surface area contributed by atoms with Crippen molar-refractivity contribution in [3.05, 3.63) is 47.3 Å². The molecule has 1 aromatic carbocycles. The molecule has 0 aliphatic heterocycles. The summed E-state index contributed by atoms with van der Waals surface area (Å²) in [6.45, 7) is 8.99. The van der Waals surface area contributed by atoms with E-state index in [9.17, 15) is 4.79 Å². The maximum Gasteiger partial charge on any atom is 0.270 e. The molecule has 0 unspecified atom stereocenters. The van der Waals surface area contributed by atoms with Gasteiger partial charge in [0.2, 0.25) is 5.95 Å². The Morgan fingerprint density at radius 2 is 1.79 bits per heavy atom. The van der Waals surface area contributed by atoms with E-state index in [2.05, 4.69) is 66.5 Å². The Morgan fingerprint density at radius 1 is 1.12 bits per heavy atom. The van der Waals surface area contributed by atoms with Gasteiger partial charge in [-0.25, -0.2) is 9.97 Å². The molecule has 0 bridgehead atoms.